The third-order valence-corrected chi connectivity index (χ3v) is 3.85. The van der Waals surface area contributed by atoms with E-state index >= 15 is 0 Å². The summed E-state index contributed by atoms with van der Waals surface area (Å²) >= 11 is 7.33. The molecule has 5 nitrogen and oxygen atoms in total. The third kappa shape index (κ3) is 4.80. The lowest BCUT2D eigenvalue weighted by atomic mass is 10.2. The number of rotatable bonds is 4. The summed E-state index contributed by atoms with van der Waals surface area (Å²) in [7, 11) is 3.13. The maximum absolute atomic E-state index is 12.2. The summed E-state index contributed by atoms with van der Waals surface area (Å²) in [6.07, 6.45) is 0. The van der Waals surface area contributed by atoms with Crippen LogP contribution in [-0.4, -0.2) is 25.2 Å². The first kappa shape index (κ1) is 17.5. The first-order valence-corrected chi connectivity index (χ1v) is 8.12. The van der Waals surface area contributed by atoms with Crippen molar-refractivity contribution in [3.05, 3.63) is 51.6 Å². The highest BCUT2D eigenvalue weighted by molar-refractivity contribution is 14.1. The van der Waals surface area contributed by atoms with Gasteiger partial charge < -0.3 is 14.8 Å². The number of benzene rings is 2. The molecule has 0 aliphatic rings. The molecule has 0 saturated carbocycles. The maximum Gasteiger partial charge on any atom is 0.257 e. The molecular formula is C16H15IN2O3S. The molecule has 7 heteroatoms. The fourth-order valence-electron chi connectivity index (χ4n) is 1.86. The summed E-state index contributed by atoms with van der Waals surface area (Å²) < 4.78 is 11.4. The molecule has 0 fully saturated rings. The quantitative estimate of drug-likeness (QED) is 0.562. The van der Waals surface area contributed by atoms with Crippen LogP contribution in [0.25, 0.3) is 0 Å². The Morgan fingerprint density at radius 2 is 1.91 bits per heavy atom. The van der Waals surface area contributed by atoms with Crippen LogP contribution >= 0.6 is 34.8 Å². The van der Waals surface area contributed by atoms with Gasteiger partial charge in [-0.25, -0.2) is 0 Å². The predicted molar refractivity (Wildman–Crippen MR) is 102 cm³/mol. The molecular weight excluding hydrogens is 427 g/mol. The van der Waals surface area contributed by atoms with Gasteiger partial charge in [-0.05, 0) is 65.1 Å². The fourth-order valence-corrected chi connectivity index (χ4v) is 2.61. The zero-order chi connectivity index (χ0) is 16.8. The van der Waals surface area contributed by atoms with Crippen LogP contribution in [-0.2, 0) is 0 Å². The molecule has 0 spiro atoms. The second-order valence-electron chi connectivity index (χ2n) is 4.48. The summed E-state index contributed by atoms with van der Waals surface area (Å²) in [5.41, 5.74) is 1.18. The Bertz CT molecular complexity index is 737. The molecule has 0 bridgehead atoms. The molecule has 0 aliphatic heterocycles. The minimum atomic E-state index is -0.270. The first-order chi connectivity index (χ1) is 11.0. The zero-order valence-electron chi connectivity index (χ0n) is 12.6. The number of ether oxygens (including phenoxy) is 2. The van der Waals surface area contributed by atoms with E-state index in [9.17, 15) is 4.79 Å². The average Bonchev–Trinajstić information content (AvgIpc) is 2.55. The number of anilines is 1. The highest BCUT2D eigenvalue weighted by Gasteiger charge is 2.11. The molecule has 0 unspecified atom stereocenters. The Hall–Kier alpha value is -1.87. The highest BCUT2D eigenvalue weighted by atomic mass is 127. The molecule has 0 heterocycles. The van der Waals surface area contributed by atoms with Crippen LogP contribution in [0.5, 0.6) is 11.5 Å². The van der Waals surface area contributed by atoms with Crippen LogP contribution in [0.3, 0.4) is 0 Å². The molecule has 2 N–H and O–H groups in total. The molecule has 0 atom stereocenters. The molecule has 0 aliphatic carbocycles. The summed E-state index contributed by atoms with van der Waals surface area (Å²) in [6, 6.07) is 12.5. The summed E-state index contributed by atoms with van der Waals surface area (Å²) in [4.78, 5) is 12.2. The molecule has 2 aromatic carbocycles. The largest absolute Gasteiger partial charge is 0.497 e. The van der Waals surface area contributed by atoms with Crippen molar-refractivity contribution in [3.63, 3.8) is 0 Å². The molecule has 120 valence electrons. The number of carbonyl (C=O) groups excluding carboxylic acids is 1. The van der Waals surface area contributed by atoms with Crippen LogP contribution in [0.2, 0.25) is 0 Å². The number of amides is 1. The first-order valence-electron chi connectivity index (χ1n) is 6.63. The fraction of sp³-hybridized carbons (Fsp3) is 0.125. The Kier molecular flexibility index (Phi) is 6.17. The number of thiocarbonyl (C=S) groups is 1. The van der Waals surface area contributed by atoms with Gasteiger partial charge in [0, 0.05) is 15.2 Å². The highest BCUT2D eigenvalue weighted by Crippen LogP contribution is 2.28. The summed E-state index contributed by atoms with van der Waals surface area (Å²) in [5, 5.41) is 5.78. The van der Waals surface area contributed by atoms with Crippen LogP contribution in [0.4, 0.5) is 5.69 Å². The van der Waals surface area contributed by atoms with Crippen molar-refractivity contribution in [2.45, 2.75) is 0 Å². The van der Waals surface area contributed by atoms with Gasteiger partial charge in [-0.15, -0.1) is 0 Å². The van der Waals surface area contributed by atoms with Crippen molar-refractivity contribution in [2.24, 2.45) is 0 Å². The number of methoxy groups -OCH3 is 2. The van der Waals surface area contributed by atoms with E-state index in [1.165, 1.54) is 0 Å². The number of halogens is 1. The molecule has 0 aromatic heterocycles. The minimum Gasteiger partial charge on any atom is -0.497 e. The van der Waals surface area contributed by atoms with E-state index in [-0.39, 0.29) is 11.0 Å². The smallest absolute Gasteiger partial charge is 0.257 e. The van der Waals surface area contributed by atoms with Crippen molar-refractivity contribution in [2.75, 3.05) is 19.5 Å². The van der Waals surface area contributed by atoms with Crippen molar-refractivity contribution in [1.82, 2.24) is 5.32 Å². The van der Waals surface area contributed by atoms with E-state index in [0.29, 0.717) is 22.7 Å². The van der Waals surface area contributed by atoms with Crippen LogP contribution < -0.4 is 20.1 Å². The van der Waals surface area contributed by atoms with E-state index in [1.807, 2.05) is 12.1 Å². The summed E-state index contributed by atoms with van der Waals surface area (Å²) in [6.45, 7) is 0. The molecule has 1 amide bonds. The SMILES string of the molecule is COc1ccc(NC(=S)NC(=O)c2cccc(I)c2)c(OC)c1. The number of nitrogens with one attached hydrogen (secondary N) is 2. The van der Waals surface area contributed by atoms with Gasteiger partial charge in [-0.2, -0.15) is 0 Å². The monoisotopic (exact) mass is 442 g/mol. The van der Waals surface area contributed by atoms with E-state index < -0.39 is 0 Å². The van der Waals surface area contributed by atoms with Gasteiger partial charge >= 0.3 is 0 Å². The third-order valence-electron chi connectivity index (χ3n) is 2.97. The molecule has 0 saturated heterocycles. The van der Waals surface area contributed by atoms with Gasteiger partial charge in [0.1, 0.15) is 11.5 Å². The topological polar surface area (TPSA) is 59.6 Å². The van der Waals surface area contributed by atoms with Gasteiger partial charge in [0.25, 0.3) is 5.91 Å². The second kappa shape index (κ2) is 8.11. The van der Waals surface area contributed by atoms with Crippen LogP contribution in [0, 0.1) is 3.57 Å². The van der Waals surface area contributed by atoms with Crippen molar-refractivity contribution < 1.29 is 14.3 Å². The Balaban J connectivity index is 2.06. The van der Waals surface area contributed by atoms with E-state index in [2.05, 4.69) is 33.2 Å². The minimum absolute atomic E-state index is 0.192. The molecule has 2 aromatic rings. The van der Waals surface area contributed by atoms with Crippen LogP contribution in [0.1, 0.15) is 10.4 Å². The van der Waals surface area contributed by atoms with Gasteiger partial charge in [0.15, 0.2) is 5.11 Å². The predicted octanol–water partition coefficient (Wildman–Crippen LogP) is 3.44. The van der Waals surface area contributed by atoms with Crippen molar-refractivity contribution >= 4 is 51.5 Å². The second-order valence-corrected chi connectivity index (χ2v) is 6.14. The maximum atomic E-state index is 12.2. The normalized spacial score (nSPS) is 9.87. The lowest BCUT2D eigenvalue weighted by Crippen LogP contribution is -2.34. The van der Waals surface area contributed by atoms with Gasteiger partial charge in [0.05, 0.1) is 19.9 Å². The van der Waals surface area contributed by atoms with Crippen molar-refractivity contribution in [1.29, 1.82) is 0 Å². The van der Waals surface area contributed by atoms with Gasteiger partial charge in [-0.1, -0.05) is 6.07 Å². The van der Waals surface area contributed by atoms with E-state index in [4.69, 9.17) is 21.7 Å². The summed E-state index contributed by atoms with van der Waals surface area (Å²) in [5.74, 6) is 0.963. The lowest BCUT2D eigenvalue weighted by Gasteiger charge is -2.13. The van der Waals surface area contributed by atoms with E-state index in [1.54, 1.807) is 44.6 Å². The van der Waals surface area contributed by atoms with Gasteiger partial charge in [0.2, 0.25) is 0 Å². The standard InChI is InChI=1S/C16H15IN2O3S/c1-21-12-6-7-13(14(9-12)22-2)18-16(23)19-15(20)10-4-3-5-11(17)8-10/h3-9H,1-2H3,(H2,18,19,20,23). The van der Waals surface area contributed by atoms with Gasteiger partial charge in [-0.3, -0.25) is 10.1 Å². The molecule has 2 rings (SSSR count). The average molecular weight is 442 g/mol. The molecule has 0 radical (unpaired) electrons. The molecule has 23 heavy (non-hydrogen) atoms. The zero-order valence-corrected chi connectivity index (χ0v) is 15.5. The van der Waals surface area contributed by atoms with E-state index in [0.717, 1.165) is 3.57 Å². The lowest BCUT2D eigenvalue weighted by molar-refractivity contribution is 0.0977. The Morgan fingerprint density at radius 3 is 2.57 bits per heavy atom. The van der Waals surface area contributed by atoms with Crippen LogP contribution in [0.15, 0.2) is 42.5 Å². The number of hydrogen-bond donors (Lipinski definition) is 2. The Labute approximate surface area is 153 Å². The number of carbonyl (C=O) groups is 1. The van der Waals surface area contributed by atoms with Crippen molar-refractivity contribution in [3.8, 4) is 11.5 Å². The number of hydrogen-bond acceptors (Lipinski definition) is 4. The Morgan fingerprint density at radius 1 is 1.13 bits per heavy atom.